The fourth-order valence-electron chi connectivity index (χ4n) is 1.16. The highest BCUT2D eigenvalue weighted by Crippen LogP contribution is 2.28. The van der Waals surface area contributed by atoms with Crippen LogP contribution in [0.15, 0.2) is 29.3 Å². The van der Waals surface area contributed by atoms with Gasteiger partial charge in [-0.3, -0.25) is 0 Å². The average molecular weight is 234 g/mol. The lowest BCUT2D eigenvalue weighted by molar-refractivity contribution is 1.08. The van der Waals surface area contributed by atoms with Gasteiger partial charge >= 0.3 is 0 Å². The van der Waals surface area contributed by atoms with Crippen molar-refractivity contribution in [1.29, 1.82) is 0 Å². The third-order valence-electron chi connectivity index (χ3n) is 1.77. The van der Waals surface area contributed by atoms with Gasteiger partial charge in [0.1, 0.15) is 5.01 Å². The van der Waals surface area contributed by atoms with E-state index in [0.29, 0.717) is 10.8 Å². The van der Waals surface area contributed by atoms with Crippen LogP contribution < -0.4 is 17.2 Å². The second-order valence-electron chi connectivity index (χ2n) is 3.05. The predicted molar refractivity (Wildman–Crippen MR) is 65.2 cm³/mol. The van der Waals surface area contributed by atoms with Gasteiger partial charge in [0.25, 0.3) is 0 Å². The molecule has 1 heterocycles. The van der Waals surface area contributed by atoms with Crippen molar-refractivity contribution in [2.45, 2.75) is 0 Å². The fourth-order valence-corrected chi connectivity index (χ4v) is 1.89. The van der Waals surface area contributed by atoms with E-state index in [9.17, 15) is 0 Å². The molecule has 0 atom stereocenters. The first-order valence-corrected chi connectivity index (χ1v) is 5.26. The molecule has 0 bridgehead atoms. The number of benzene rings is 1. The van der Waals surface area contributed by atoms with Crippen molar-refractivity contribution in [1.82, 2.24) is 10.2 Å². The summed E-state index contributed by atoms with van der Waals surface area (Å²) in [7, 11) is 0. The van der Waals surface area contributed by atoms with Crippen LogP contribution in [0.2, 0.25) is 0 Å². The van der Waals surface area contributed by atoms with Crippen molar-refractivity contribution in [3.8, 4) is 10.6 Å². The van der Waals surface area contributed by atoms with Crippen LogP contribution in [-0.4, -0.2) is 16.2 Å². The summed E-state index contributed by atoms with van der Waals surface area (Å²) in [6, 6.07) is 7.38. The van der Waals surface area contributed by atoms with Gasteiger partial charge < -0.3 is 17.2 Å². The minimum absolute atomic E-state index is 0.0322. The van der Waals surface area contributed by atoms with Crippen LogP contribution in [-0.2, 0) is 0 Å². The van der Waals surface area contributed by atoms with Crippen LogP contribution in [0.1, 0.15) is 0 Å². The number of guanidine groups is 1. The molecule has 2 rings (SSSR count). The zero-order valence-electron chi connectivity index (χ0n) is 8.29. The first-order valence-electron chi connectivity index (χ1n) is 4.44. The van der Waals surface area contributed by atoms with Gasteiger partial charge in [-0.15, -0.1) is 10.2 Å². The lowest BCUT2D eigenvalue weighted by Gasteiger charge is -1.95. The zero-order valence-corrected chi connectivity index (χ0v) is 9.11. The van der Waals surface area contributed by atoms with E-state index in [4.69, 9.17) is 17.2 Å². The lowest BCUT2D eigenvalue weighted by atomic mass is 10.2. The number of nitrogen functional groups attached to an aromatic ring is 1. The molecule has 0 unspecified atom stereocenters. The normalized spacial score (nSPS) is 10.0. The summed E-state index contributed by atoms with van der Waals surface area (Å²) in [5.41, 5.74) is 17.7. The molecule has 0 fully saturated rings. The molecular weight excluding hydrogens is 224 g/mol. The molecule has 0 amide bonds. The maximum absolute atomic E-state index is 5.67. The summed E-state index contributed by atoms with van der Waals surface area (Å²) in [5, 5.41) is 8.98. The summed E-state index contributed by atoms with van der Waals surface area (Å²) in [4.78, 5) is 3.81. The van der Waals surface area contributed by atoms with Crippen LogP contribution >= 0.6 is 11.3 Å². The van der Waals surface area contributed by atoms with Crippen LogP contribution in [0.5, 0.6) is 0 Å². The number of nitrogens with two attached hydrogens (primary N) is 3. The number of anilines is 1. The molecule has 0 aliphatic heterocycles. The summed E-state index contributed by atoms with van der Waals surface area (Å²) < 4.78 is 0. The number of aromatic nitrogens is 2. The molecule has 6 N–H and O–H groups in total. The number of hydrogen-bond donors (Lipinski definition) is 3. The summed E-state index contributed by atoms with van der Waals surface area (Å²) >= 11 is 1.30. The Morgan fingerprint density at radius 3 is 2.75 bits per heavy atom. The van der Waals surface area contributed by atoms with E-state index in [2.05, 4.69) is 15.2 Å². The van der Waals surface area contributed by atoms with Crippen molar-refractivity contribution in [2.24, 2.45) is 16.5 Å². The predicted octanol–water partition coefficient (Wildman–Crippen LogP) is 0.692. The molecule has 6 nitrogen and oxygen atoms in total. The van der Waals surface area contributed by atoms with E-state index < -0.39 is 0 Å². The Bertz CT molecular complexity index is 528. The molecule has 1 aromatic heterocycles. The minimum atomic E-state index is -0.0322. The van der Waals surface area contributed by atoms with Crippen LogP contribution in [0.3, 0.4) is 0 Å². The van der Waals surface area contributed by atoms with Gasteiger partial charge in [-0.25, -0.2) is 0 Å². The van der Waals surface area contributed by atoms with Crippen molar-refractivity contribution >= 4 is 28.1 Å². The fraction of sp³-hybridized carbons (Fsp3) is 0. The molecule has 7 heteroatoms. The number of hydrogen-bond acceptors (Lipinski definition) is 5. The SMILES string of the molecule is NC(N)=Nc1nnc(-c2cccc(N)c2)s1. The Morgan fingerprint density at radius 1 is 1.25 bits per heavy atom. The van der Waals surface area contributed by atoms with Gasteiger partial charge in [-0.1, -0.05) is 23.5 Å². The first kappa shape index (κ1) is 10.4. The molecule has 0 saturated heterocycles. The standard InChI is InChI=1S/C9H10N6S/c10-6-3-1-2-5(4-6)7-14-15-9(16-7)13-8(11)12/h1-4H,10H2,(H4,11,12,13,15). The molecule has 1 aromatic carbocycles. The smallest absolute Gasteiger partial charge is 0.235 e. The van der Waals surface area contributed by atoms with E-state index in [1.54, 1.807) is 0 Å². The molecule has 0 aliphatic carbocycles. The monoisotopic (exact) mass is 234 g/mol. The molecule has 2 aromatic rings. The van der Waals surface area contributed by atoms with Crippen molar-refractivity contribution in [3.63, 3.8) is 0 Å². The highest BCUT2D eigenvalue weighted by molar-refractivity contribution is 7.18. The second kappa shape index (κ2) is 4.15. The third-order valence-corrected chi connectivity index (χ3v) is 2.64. The molecular formula is C9H10N6S. The maximum Gasteiger partial charge on any atom is 0.235 e. The summed E-state index contributed by atoms with van der Waals surface area (Å²) in [5.74, 6) is -0.0322. The van der Waals surface area contributed by atoms with Crippen LogP contribution in [0.4, 0.5) is 10.8 Å². The first-order chi connectivity index (χ1) is 7.65. The molecule has 16 heavy (non-hydrogen) atoms. The third kappa shape index (κ3) is 2.26. The number of aliphatic imine (C=N–C) groups is 1. The number of nitrogens with zero attached hydrogens (tertiary/aromatic N) is 3. The Hall–Kier alpha value is -2.15. The van der Waals surface area contributed by atoms with Gasteiger partial charge in [0.2, 0.25) is 5.13 Å². The highest BCUT2D eigenvalue weighted by atomic mass is 32.1. The van der Waals surface area contributed by atoms with Gasteiger partial charge in [-0.05, 0) is 12.1 Å². The van der Waals surface area contributed by atoms with Gasteiger partial charge in [-0.2, -0.15) is 4.99 Å². The molecule has 0 aliphatic rings. The van der Waals surface area contributed by atoms with Gasteiger partial charge in [0.15, 0.2) is 5.96 Å². The quantitative estimate of drug-likeness (QED) is 0.401. The van der Waals surface area contributed by atoms with Gasteiger partial charge in [0.05, 0.1) is 0 Å². The van der Waals surface area contributed by atoms with Crippen molar-refractivity contribution in [2.75, 3.05) is 5.73 Å². The number of rotatable bonds is 2. The summed E-state index contributed by atoms with van der Waals surface area (Å²) in [6.45, 7) is 0. The average Bonchev–Trinajstić information content (AvgIpc) is 2.65. The van der Waals surface area contributed by atoms with E-state index in [-0.39, 0.29) is 5.96 Å². The van der Waals surface area contributed by atoms with E-state index in [0.717, 1.165) is 10.6 Å². The van der Waals surface area contributed by atoms with E-state index in [1.165, 1.54) is 11.3 Å². The largest absolute Gasteiger partial charge is 0.399 e. The van der Waals surface area contributed by atoms with Gasteiger partial charge in [0, 0.05) is 11.3 Å². The lowest BCUT2D eigenvalue weighted by Crippen LogP contribution is -2.21. The molecule has 0 saturated carbocycles. The molecule has 0 spiro atoms. The molecule has 82 valence electrons. The Balaban J connectivity index is 2.35. The summed E-state index contributed by atoms with van der Waals surface area (Å²) in [6.07, 6.45) is 0. The minimum Gasteiger partial charge on any atom is -0.399 e. The maximum atomic E-state index is 5.67. The van der Waals surface area contributed by atoms with E-state index in [1.807, 2.05) is 24.3 Å². The highest BCUT2D eigenvalue weighted by Gasteiger charge is 2.05. The molecule has 0 radical (unpaired) electrons. The Morgan fingerprint density at radius 2 is 2.06 bits per heavy atom. The van der Waals surface area contributed by atoms with Crippen molar-refractivity contribution < 1.29 is 0 Å². The Kier molecular flexibility index (Phi) is 2.69. The zero-order chi connectivity index (χ0) is 11.5. The van der Waals surface area contributed by atoms with Crippen molar-refractivity contribution in [3.05, 3.63) is 24.3 Å². The second-order valence-corrected chi connectivity index (χ2v) is 4.01. The van der Waals surface area contributed by atoms with Crippen LogP contribution in [0, 0.1) is 0 Å². The van der Waals surface area contributed by atoms with E-state index >= 15 is 0 Å². The topological polar surface area (TPSA) is 116 Å². The van der Waals surface area contributed by atoms with Crippen LogP contribution in [0.25, 0.3) is 10.6 Å². The Labute approximate surface area is 95.8 Å².